The van der Waals surface area contributed by atoms with Crippen molar-refractivity contribution in [1.82, 2.24) is 15.1 Å². The smallest absolute Gasteiger partial charge is 0.251 e. The highest BCUT2D eigenvalue weighted by Gasteiger charge is 2.31. The van der Waals surface area contributed by atoms with E-state index >= 15 is 0 Å². The number of rotatable bonds is 4. The Morgan fingerprint density at radius 3 is 2.64 bits per heavy atom. The van der Waals surface area contributed by atoms with Gasteiger partial charge in [0.1, 0.15) is 6.10 Å². The lowest BCUT2D eigenvalue weighted by Crippen LogP contribution is -2.44. The van der Waals surface area contributed by atoms with Crippen molar-refractivity contribution in [3.8, 4) is 11.5 Å². The summed E-state index contributed by atoms with van der Waals surface area (Å²) < 4.78 is 11.3. The Bertz CT molecular complexity index is 702. The van der Waals surface area contributed by atoms with Crippen LogP contribution in [0.5, 0.6) is 0 Å². The fraction of sp³-hybridized carbons (Fsp3) is 0.526. The number of hydrogen-bond acceptors (Lipinski definition) is 5. The summed E-state index contributed by atoms with van der Waals surface area (Å²) in [5.41, 5.74) is 0.943. The molecule has 6 nitrogen and oxygen atoms in total. The van der Waals surface area contributed by atoms with E-state index in [0.29, 0.717) is 24.3 Å². The van der Waals surface area contributed by atoms with E-state index in [1.807, 2.05) is 35.2 Å². The first-order valence-electron chi connectivity index (χ1n) is 9.08. The lowest BCUT2D eigenvalue weighted by molar-refractivity contribution is -0.142. The topological polar surface area (TPSA) is 68.5 Å². The summed E-state index contributed by atoms with van der Waals surface area (Å²) in [4.78, 5) is 14.3. The average Bonchev–Trinajstić information content (AvgIpc) is 3.35. The minimum Gasteiger partial charge on any atom is -0.421 e. The van der Waals surface area contributed by atoms with Gasteiger partial charge in [-0.05, 0) is 43.7 Å². The number of nitrogens with zero attached hydrogens (tertiary/aromatic N) is 3. The molecule has 1 atom stereocenters. The number of carbonyl (C=O) groups excluding carboxylic acids is 1. The lowest BCUT2D eigenvalue weighted by atomic mass is 9.93. The number of aromatic nitrogens is 2. The molecule has 0 radical (unpaired) electrons. The van der Waals surface area contributed by atoms with Crippen LogP contribution < -0.4 is 0 Å². The molecular weight excluding hydrogens is 318 g/mol. The van der Waals surface area contributed by atoms with Crippen molar-refractivity contribution in [2.45, 2.75) is 38.2 Å². The number of hydrogen-bond donors (Lipinski definition) is 0. The SMILES string of the molecule is O=C([C@@H]1CCCO1)N1CCC(Cc2nnc(-c3ccccc3)o2)CC1. The van der Waals surface area contributed by atoms with Crippen LogP contribution >= 0.6 is 0 Å². The number of piperidine rings is 1. The lowest BCUT2D eigenvalue weighted by Gasteiger charge is -2.32. The third kappa shape index (κ3) is 3.74. The number of likely N-dealkylation sites (tertiary alicyclic amines) is 1. The van der Waals surface area contributed by atoms with E-state index in [1.54, 1.807) is 0 Å². The van der Waals surface area contributed by atoms with Gasteiger partial charge >= 0.3 is 0 Å². The zero-order chi connectivity index (χ0) is 17.1. The van der Waals surface area contributed by atoms with Crippen LogP contribution in [0, 0.1) is 5.92 Å². The normalized spacial score (nSPS) is 21.6. The first kappa shape index (κ1) is 16.3. The third-order valence-corrected chi connectivity index (χ3v) is 5.08. The Morgan fingerprint density at radius 2 is 1.92 bits per heavy atom. The Balaban J connectivity index is 1.30. The average molecular weight is 341 g/mol. The largest absolute Gasteiger partial charge is 0.421 e. The van der Waals surface area contributed by atoms with Crippen LogP contribution in [0.15, 0.2) is 34.7 Å². The second-order valence-electron chi connectivity index (χ2n) is 6.84. The molecule has 2 aromatic rings. The summed E-state index contributed by atoms with van der Waals surface area (Å²) in [5.74, 6) is 1.90. The van der Waals surface area contributed by atoms with Crippen LogP contribution in [0.2, 0.25) is 0 Å². The van der Waals surface area contributed by atoms with Gasteiger partial charge in [0.25, 0.3) is 5.91 Å². The fourth-order valence-corrected chi connectivity index (χ4v) is 3.61. The second-order valence-corrected chi connectivity index (χ2v) is 6.84. The van der Waals surface area contributed by atoms with Crippen LogP contribution in [-0.4, -0.2) is 46.8 Å². The summed E-state index contributed by atoms with van der Waals surface area (Å²) in [6.45, 7) is 2.31. The highest BCUT2D eigenvalue weighted by molar-refractivity contribution is 5.81. The van der Waals surface area contributed by atoms with Crippen molar-refractivity contribution < 1.29 is 13.9 Å². The summed E-state index contributed by atoms with van der Waals surface area (Å²) in [6.07, 6.45) is 4.38. The molecule has 1 aromatic heterocycles. The zero-order valence-corrected chi connectivity index (χ0v) is 14.3. The molecule has 2 fully saturated rings. The van der Waals surface area contributed by atoms with Gasteiger partial charge in [0.15, 0.2) is 0 Å². The zero-order valence-electron chi connectivity index (χ0n) is 14.3. The van der Waals surface area contributed by atoms with Gasteiger partial charge in [-0.3, -0.25) is 4.79 Å². The first-order valence-corrected chi connectivity index (χ1v) is 9.08. The number of amides is 1. The molecule has 0 saturated carbocycles. The maximum absolute atomic E-state index is 12.4. The van der Waals surface area contributed by atoms with Crippen LogP contribution in [0.4, 0.5) is 0 Å². The summed E-state index contributed by atoms with van der Waals surface area (Å²) in [7, 11) is 0. The molecule has 6 heteroatoms. The maximum Gasteiger partial charge on any atom is 0.251 e. The van der Waals surface area contributed by atoms with Gasteiger partial charge in [0, 0.05) is 31.7 Å². The molecule has 132 valence electrons. The van der Waals surface area contributed by atoms with Crippen LogP contribution in [0.1, 0.15) is 31.6 Å². The van der Waals surface area contributed by atoms with Crippen molar-refractivity contribution in [1.29, 1.82) is 0 Å². The predicted octanol–water partition coefficient (Wildman–Crippen LogP) is 2.70. The molecule has 0 aliphatic carbocycles. The summed E-state index contributed by atoms with van der Waals surface area (Å²) >= 11 is 0. The Hall–Kier alpha value is -2.21. The number of carbonyl (C=O) groups is 1. The van der Waals surface area contributed by atoms with Crippen molar-refractivity contribution in [3.05, 3.63) is 36.2 Å². The highest BCUT2D eigenvalue weighted by Crippen LogP contribution is 2.25. The molecule has 3 heterocycles. The van der Waals surface area contributed by atoms with E-state index in [1.165, 1.54) is 0 Å². The van der Waals surface area contributed by atoms with Gasteiger partial charge in [-0.1, -0.05) is 18.2 Å². The second kappa shape index (κ2) is 7.35. The van der Waals surface area contributed by atoms with E-state index in [4.69, 9.17) is 9.15 Å². The molecule has 1 amide bonds. The summed E-state index contributed by atoms with van der Waals surface area (Å²) in [5, 5.41) is 8.34. The number of benzene rings is 1. The minimum absolute atomic E-state index is 0.167. The van der Waals surface area contributed by atoms with E-state index in [0.717, 1.165) is 50.8 Å². The molecule has 0 bridgehead atoms. The van der Waals surface area contributed by atoms with Crippen molar-refractivity contribution in [2.75, 3.05) is 19.7 Å². The van der Waals surface area contributed by atoms with Gasteiger partial charge in [-0.2, -0.15) is 0 Å². The molecule has 1 aromatic carbocycles. The van der Waals surface area contributed by atoms with E-state index in [2.05, 4.69) is 10.2 Å². The molecule has 2 saturated heterocycles. The molecule has 2 aliphatic rings. The third-order valence-electron chi connectivity index (χ3n) is 5.08. The molecule has 0 unspecified atom stereocenters. The molecular formula is C19H23N3O3. The van der Waals surface area contributed by atoms with E-state index in [-0.39, 0.29) is 12.0 Å². The fourth-order valence-electron chi connectivity index (χ4n) is 3.61. The Kier molecular flexibility index (Phi) is 4.78. The van der Waals surface area contributed by atoms with Crippen LogP contribution in [-0.2, 0) is 16.0 Å². The van der Waals surface area contributed by atoms with E-state index < -0.39 is 0 Å². The monoisotopic (exact) mass is 341 g/mol. The van der Waals surface area contributed by atoms with Crippen molar-refractivity contribution >= 4 is 5.91 Å². The maximum atomic E-state index is 12.4. The standard InChI is InChI=1S/C19H23N3O3/c23-19(16-7-4-12-24-16)22-10-8-14(9-11-22)13-17-20-21-18(25-17)15-5-2-1-3-6-15/h1-3,5-6,14,16H,4,7-13H2/t16-/m0/s1. The quantitative estimate of drug-likeness (QED) is 0.855. The van der Waals surface area contributed by atoms with Gasteiger partial charge in [-0.15, -0.1) is 10.2 Å². The highest BCUT2D eigenvalue weighted by atomic mass is 16.5. The van der Waals surface area contributed by atoms with Gasteiger partial charge in [-0.25, -0.2) is 0 Å². The predicted molar refractivity (Wildman–Crippen MR) is 91.7 cm³/mol. The van der Waals surface area contributed by atoms with Crippen molar-refractivity contribution in [2.24, 2.45) is 5.92 Å². The number of ether oxygens (including phenoxy) is 1. The summed E-state index contributed by atoms with van der Waals surface area (Å²) in [6, 6.07) is 9.81. The minimum atomic E-state index is -0.207. The Labute approximate surface area is 147 Å². The Morgan fingerprint density at radius 1 is 1.12 bits per heavy atom. The van der Waals surface area contributed by atoms with Gasteiger partial charge in [0.2, 0.25) is 11.8 Å². The molecule has 0 spiro atoms. The first-order chi connectivity index (χ1) is 12.3. The van der Waals surface area contributed by atoms with Crippen molar-refractivity contribution in [3.63, 3.8) is 0 Å². The van der Waals surface area contributed by atoms with E-state index in [9.17, 15) is 4.79 Å². The molecule has 4 rings (SSSR count). The van der Waals surface area contributed by atoms with Gasteiger partial charge < -0.3 is 14.1 Å². The molecule has 0 N–H and O–H groups in total. The van der Waals surface area contributed by atoms with Crippen LogP contribution in [0.25, 0.3) is 11.5 Å². The molecule has 25 heavy (non-hydrogen) atoms. The molecule has 2 aliphatic heterocycles. The van der Waals surface area contributed by atoms with Gasteiger partial charge in [0.05, 0.1) is 0 Å². The van der Waals surface area contributed by atoms with Crippen LogP contribution in [0.3, 0.4) is 0 Å².